The van der Waals surface area contributed by atoms with Crippen molar-refractivity contribution in [2.45, 2.75) is 38.0 Å². The van der Waals surface area contributed by atoms with Crippen LogP contribution in [-0.4, -0.2) is 71.8 Å². The van der Waals surface area contributed by atoms with Crippen molar-refractivity contribution in [3.63, 3.8) is 0 Å². The van der Waals surface area contributed by atoms with E-state index >= 15 is 0 Å². The summed E-state index contributed by atoms with van der Waals surface area (Å²) >= 11 is 0. The van der Waals surface area contributed by atoms with E-state index in [9.17, 15) is 28.6 Å². The normalized spacial score (nSPS) is 17.4. The fraction of sp³-hybridized carbons (Fsp3) is 0.524. The second-order valence-corrected chi connectivity index (χ2v) is 10.6. The van der Waals surface area contributed by atoms with Gasteiger partial charge in [0.25, 0.3) is 11.4 Å². The number of aromatic nitrogens is 2. The molecule has 0 bridgehead atoms. The van der Waals surface area contributed by atoms with Gasteiger partial charge >= 0.3 is 0 Å². The van der Waals surface area contributed by atoms with E-state index in [1.54, 1.807) is 0 Å². The Balaban J connectivity index is 1.54. The lowest BCUT2D eigenvalue weighted by atomic mass is 10.1. The average Bonchev–Trinajstić information content (AvgIpc) is 2.84. The number of hydrogen-bond donors (Lipinski definition) is 0. The second kappa shape index (κ2) is 9.70. The van der Waals surface area contributed by atoms with Gasteiger partial charge in [0.2, 0.25) is 10.0 Å². The van der Waals surface area contributed by atoms with E-state index in [2.05, 4.69) is 14.9 Å². The van der Waals surface area contributed by atoms with Crippen molar-refractivity contribution in [1.82, 2.24) is 14.3 Å². The maximum absolute atomic E-state index is 13.2. The van der Waals surface area contributed by atoms with E-state index in [4.69, 9.17) is 0 Å². The summed E-state index contributed by atoms with van der Waals surface area (Å²) in [5.41, 5.74) is -1.39. The van der Waals surface area contributed by atoms with Crippen LogP contribution in [0.15, 0.2) is 23.1 Å². The molecule has 4 rings (SSSR count). The number of rotatable bonds is 6. The SMILES string of the molecule is Cc1nc(N2CCCCC2)cc(N2CCN(S(=O)(=O)c3cc([N+](=O)[O-])c(C)c([N+](=O)[O-])c3)CC2)n1. The van der Waals surface area contributed by atoms with Gasteiger partial charge < -0.3 is 9.80 Å². The molecule has 1 aromatic heterocycles. The first-order valence-corrected chi connectivity index (χ1v) is 12.8. The lowest BCUT2D eigenvalue weighted by molar-refractivity contribution is -0.395. The highest BCUT2D eigenvalue weighted by molar-refractivity contribution is 7.89. The second-order valence-electron chi connectivity index (χ2n) is 8.67. The number of anilines is 2. The zero-order chi connectivity index (χ0) is 25.3. The van der Waals surface area contributed by atoms with E-state index in [0.717, 1.165) is 49.7 Å². The van der Waals surface area contributed by atoms with Crippen molar-refractivity contribution in [2.75, 3.05) is 49.1 Å². The molecule has 0 radical (unpaired) electrons. The minimum atomic E-state index is -4.17. The number of benzene rings is 1. The molecule has 0 N–H and O–H groups in total. The molecule has 1 aromatic carbocycles. The monoisotopic (exact) mass is 505 g/mol. The summed E-state index contributed by atoms with van der Waals surface area (Å²) in [7, 11) is -4.17. The molecule has 188 valence electrons. The summed E-state index contributed by atoms with van der Waals surface area (Å²) in [6.45, 7) is 5.87. The Hall–Kier alpha value is -3.39. The summed E-state index contributed by atoms with van der Waals surface area (Å²) < 4.78 is 27.7. The summed E-state index contributed by atoms with van der Waals surface area (Å²) in [5.74, 6) is 2.22. The molecule has 35 heavy (non-hydrogen) atoms. The first kappa shape index (κ1) is 24.7. The van der Waals surface area contributed by atoms with Crippen molar-refractivity contribution < 1.29 is 18.3 Å². The molecule has 2 saturated heterocycles. The molecular weight excluding hydrogens is 478 g/mol. The number of nitro benzene ring substituents is 2. The van der Waals surface area contributed by atoms with E-state index in [-0.39, 0.29) is 18.7 Å². The van der Waals surface area contributed by atoms with Gasteiger partial charge in [-0.2, -0.15) is 4.31 Å². The molecule has 13 nitrogen and oxygen atoms in total. The minimum absolute atomic E-state index is 0.111. The van der Waals surface area contributed by atoms with Gasteiger partial charge in [0.05, 0.1) is 14.7 Å². The largest absolute Gasteiger partial charge is 0.356 e. The van der Waals surface area contributed by atoms with E-state index in [0.29, 0.717) is 18.9 Å². The van der Waals surface area contributed by atoms with Crippen LogP contribution >= 0.6 is 0 Å². The quantitative estimate of drug-likeness (QED) is 0.422. The maximum Gasteiger partial charge on any atom is 0.280 e. The topological polar surface area (TPSA) is 156 Å². The van der Waals surface area contributed by atoms with Crippen LogP contribution in [0.3, 0.4) is 0 Å². The molecule has 2 fully saturated rings. The Morgan fingerprint density at radius 2 is 1.26 bits per heavy atom. The fourth-order valence-corrected chi connectivity index (χ4v) is 5.94. The third-order valence-corrected chi connectivity index (χ3v) is 8.29. The number of hydrogen-bond acceptors (Lipinski definition) is 10. The van der Waals surface area contributed by atoms with Crippen LogP contribution in [0.5, 0.6) is 0 Å². The van der Waals surface area contributed by atoms with Crippen LogP contribution in [-0.2, 0) is 10.0 Å². The molecule has 2 aliphatic rings. The highest BCUT2D eigenvalue weighted by Gasteiger charge is 2.34. The Morgan fingerprint density at radius 1 is 0.771 bits per heavy atom. The Bertz CT molecular complexity index is 1220. The summed E-state index contributed by atoms with van der Waals surface area (Å²) in [6, 6.07) is 3.71. The first-order chi connectivity index (χ1) is 16.6. The molecule has 0 unspecified atom stereocenters. The smallest absolute Gasteiger partial charge is 0.280 e. The zero-order valence-electron chi connectivity index (χ0n) is 19.6. The standard InChI is InChI=1S/C21H27N7O6S/c1-15-18(27(29)30)12-17(13-19(15)28(31)32)35(33,34)26-10-8-25(9-11-26)21-14-20(22-16(2)23-21)24-6-4-3-5-7-24/h12-14H,3-11H2,1-2H3. The molecule has 0 atom stereocenters. The molecule has 0 spiro atoms. The lowest BCUT2D eigenvalue weighted by Gasteiger charge is -2.35. The molecule has 2 aromatic rings. The van der Waals surface area contributed by atoms with Crippen molar-refractivity contribution in [1.29, 1.82) is 0 Å². The van der Waals surface area contributed by atoms with Crippen LogP contribution in [0.4, 0.5) is 23.0 Å². The third kappa shape index (κ3) is 5.03. The fourth-order valence-electron chi connectivity index (χ4n) is 4.48. The predicted molar refractivity (Wildman–Crippen MR) is 128 cm³/mol. The molecule has 0 saturated carbocycles. The highest BCUT2D eigenvalue weighted by Crippen LogP contribution is 2.33. The van der Waals surface area contributed by atoms with Gasteiger partial charge in [-0.25, -0.2) is 18.4 Å². The number of piperidine rings is 1. The maximum atomic E-state index is 13.2. The van der Waals surface area contributed by atoms with Gasteiger partial charge in [-0.05, 0) is 33.1 Å². The molecule has 0 amide bonds. The van der Waals surface area contributed by atoms with E-state index in [1.807, 2.05) is 17.9 Å². The van der Waals surface area contributed by atoms with Gasteiger partial charge in [0, 0.05) is 57.5 Å². The van der Waals surface area contributed by atoms with E-state index < -0.39 is 36.1 Å². The Kier molecular flexibility index (Phi) is 6.85. The van der Waals surface area contributed by atoms with Gasteiger partial charge in [-0.3, -0.25) is 20.2 Å². The number of aryl methyl sites for hydroxylation is 1. The van der Waals surface area contributed by atoms with Crippen LogP contribution in [0.1, 0.15) is 30.7 Å². The average molecular weight is 506 g/mol. The van der Waals surface area contributed by atoms with Crippen molar-refractivity contribution in [3.05, 3.63) is 49.8 Å². The first-order valence-electron chi connectivity index (χ1n) is 11.4. The number of nitrogens with zero attached hydrogens (tertiary/aromatic N) is 7. The molecule has 0 aliphatic carbocycles. The number of nitro groups is 2. The van der Waals surface area contributed by atoms with Crippen LogP contribution in [0.25, 0.3) is 0 Å². The van der Waals surface area contributed by atoms with Gasteiger partial charge in [0.1, 0.15) is 23.0 Å². The molecule has 14 heteroatoms. The van der Waals surface area contributed by atoms with Crippen molar-refractivity contribution in [2.24, 2.45) is 0 Å². The Labute approximate surface area is 202 Å². The highest BCUT2D eigenvalue weighted by atomic mass is 32.2. The van der Waals surface area contributed by atoms with Gasteiger partial charge in [-0.15, -0.1) is 0 Å². The van der Waals surface area contributed by atoms with Gasteiger partial charge in [-0.1, -0.05) is 0 Å². The zero-order valence-corrected chi connectivity index (χ0v) is 20.4. The third-order valence-electron chi connectivity index (χ3n) is 6.41. The van der Waals surface area contributed by atoms with Gasteiger partial charge in [0.15, 0.2) is 0 Å². The number of sulfonamides is 1. The Morgan fingerprint density at radius 3 is 1.74 bits per heavy atom. The van der Waals surface area contributed by atoms with Crippen LogP contribution in [0, 0.1) is 34.1 Å². The summed E-state index contributed by atoms with van der Waals surface area (Å²) in [4.78, 5) is 34.0. The molecule has 3 heterocycles. The molecule has 2 aliphatic heterocycles. The molecular formula is C21H27N7O6S. The minimum Gasteiger partial charge on any atom is -0.356 e. The van der Waals surface area contributed by atoms with Crippen molar-refractivity contribution in [3.8, 4) is 0 Å². The number of piperazine rings is 1. The van der Waals surface area contributed by atoms with E-state index in [1.165, 1.54) is 17.6 Å². The summed E-state index contributed by atoms with van der Waals surface area (Å²) in [6.07, 6.45) is 3.44. The summed E-state index contributed by atoms with van der Waals surface area (Å²) in [5, 5.41) is 22.7. The predicted octanol–water partition coefficient (Wildman–Crippen LogP) is 2.41. The lowest BCUT2D eigenvalue weighted by Crippen LogP contribution is -2.49. The van der Waals surface area contributed by atoms with Crippen LogP contribution in [0.2, 0.25) is 0 Å². The van der Waals surface area contributed by atoms with Crippen molar-refractivity contribution >= 4 is 33.0 Å². The van der Waals surface area contributed by atoms with Crippen LogP contribution < -0.4 is 9.80 Å².